The van der Waals surface area contributed by atoms with E-state index in [1.54, 1.807) is 24.3 Å². The maximum atomic E-state index is 11.8. The van der Waals surface area contributed by atoms with Crippen LogP contribution in [0.2, 0.25) is 0 Å². The van der Waals surface area contributed by atoms with E-state index in [0.29, 0.717) is 17.2 Å². The first-order valence-electron chi connectivity index (χ1n) is 7.03. The number of carbonyl (C=O) groups excluding carboxylic acids is 2. The van der Waals surface area contributed by atoms with Crippen molar-refractivity contribution in [3.8, 4) is 5.75 Å². The number of carbonyl (C=O) groups is 2. The zero-order valence-corrected chi connectivity index (χ0v) is 14.0. The fourth-order valence-electron chi connectivity index (χ4n) is 1.91. The highest BCUT2D eigenvalue weighted by Gasteiger charge is 2.11. The van der Waals surface area contributed by atoms with Gasteiger partial charge in [0.05, 0.1) is 11.4 Å². The van der Waals surface area contributed by atoms with Crippen molar-refractivity contribution in [3.63, 3.8) is 0 Å². The number of thioether (sulfide) groups is 1. The van der Waals surface area contributed by atoms with Gasteiger partial charge in [-0.3, -0.25) is 9.59 Å². The van der Waals surface area contributed by atoms with E-state index < -0.39 is 0 Å². The van der Waals surface area contributed by atoms with Crippen LogP contribution in [0, 0.1) is 13.8 Å². The molecule has 0 atom stereocenters. The molecule has 2 rings (SSSR count). The van der Waals surface area contributed by atoms with Gasteiger partial charge < -0.3 is 14.6 Å². The molecular weight excluding hydrogens is 316 g/mol. The number of ether oxygens (including phenoxy) is 1. The van der Waals surface area contributed by atoms with Gasteiger partial charge in [0.2, 0.25) is 5.91 Å². The van der Waals surface area contributed by atoms with Crippen molar-refractivity contribution in [2.45, 2.75) is 26.5 Å². The molecular formula is C16H18N2O4S. The minimum Gasteiger partial charge on any atom is -0.426 e. The van der Waals surface area contributed by atoms with Crippen LogP contribution in [-0.2, 0) is 15.3 Å². The molecule has 23 heavy (non-hydrogen) atoms. The maximum absolute atomic E-state index is 11.8. The minimum atomic E-state index is -0.325. The molecule has 0 aliphatic carbocycles. The van der Waals surface area contributed by atoms with Gasteiger partial charge in [0.1, 0.15) is 11.5 Å². The third-order valence-electron chi connectivity index (χ3n) is 3.05. The first-order chi connectivity index (χ1) is 11.0. The Balaban J connectivity index is 1.79. The van der Waals surface area contributed by atoms with Crippen LogP contribution < -0.4 is 10.1 Å². The van der Waals surface area contributed by atoms with E-state index in [-0.39, 0.29) is 17.6 Å². The minimum absolute atomic E-state index is 0.148. The summed E-state index contributed by atoms with van der Waals surface area (Å²) in [6.07, 6.45) is 0. The summed E-state index contributed by atoms with van der Waals surface area (Å²) in [4.78, 5) is 22.8. The normalized spacial score (nSPS) is 10.4. The number of aryl methyl sites for hydroxylation is 2. The summed E-state index contributed by atoms with van der Waals surface area (Å²) >= 11 is 1.45. The van der Waals surface area contributed by atoms with E-state index in [0.717, 1.165) is 17.0 Å². The van der Waals surface area contributed by atoms with E-state index in [4.69, 9.17) is 9.26 Å². The number of nitrogens with one attached hydrogen (secondary N) is 1. The summed E-state index contributed by atoms with van der Waals surface area (Å²) in [6.45, 7) is 5.16. The van der Waals surface area contributed by atoms with E-state index in [1.807, 2.05) is 13.8 Å². The maximum Gasteiger partial charge on any atom is 0.321 e. The van der Waals surface area contributed by atoms with Crippen LogP contribution in [0.25, 0.3) is 0 Å². The molecule has 1 aromatic carbocycles. The zero-order valence-electron chi connectivity index (χ0n) is 13.2. The van der Waals surface area contributed by atoms with Crippen LogP contribution in [0.5, 0.6) is 5.75 Å². The van der Waals surface area contributed by atoms with Crippen LogP contribution in [-0.4, -0.2) is 22.8 Å². The van der Waals surface area contributed by atoms with Crippen molar-refractivity contribution >= 4 is 29.3 Å². The number of aromatic nitrogens is 1. The van der Waals surface area contributed by atoms with Gasteiger partial charge in [-0.15, -0.1) is 11.8 Å². The van der Waals surface area contributed by atoms with Crippen LogP contribution in [0.4, 0.5) is 5.69 Å². The Morgan fingerprint density at radius 2 is 1.96 bits per heavy atom. The Bertz CT molecular complexity index is 675. The number of anilines is 1. The van der Waals surface area contributed by atoms with Crippen molar-refractivity contribution < 1.29 is 18.8 Å². The number of amides is 1. The first kappa shape index (κ1) is 17.1. The molecule has 0 aliphatic heterocycles. The average molecular weight is 334 g/mol. The lowest BCUT2D eigenvalue weighted by Gasteiger charge is -2.06. The molecule has 7 heteroatoms. The molecule has 2 aromatic rings. The molecule has 1 aromatic heterocycles. The van der Waals surface area contributed by atoms with Gasteiger partial charge in [0.15, 0.2) is 0 Å². The fourth-order valence-corrected chi connectivity index (χ4v) is 2.86. The molecule has 0 unspecified atom stereocenters. The molecule has 1 amide bonds. The van der Waals surface area contributed by atoms with Crippen LogP contribution in [0.3, 0.4) is 0 Å². The molecule has 1 heterocycles. The van der Waals surface area contributed by atoms with E-state index in [2.05, 4.69) is 10.5 Å². The van der Waals surface area contributed by atoms with Crippen molar-refractivity contribution in [1.29, 1.82) is 0 Å². The molecule has 0 saturated heterocycles. The monoisotopic (exact) mass is 334 g/mol. The fraction of sp³-hybridized carbons (Fsp3) is 0.312. The van der Waals surface area contributed by atoms with Crippen molar-refractivity contribution in [3.05, 3.63) is 41.3 Å². The van der Waals surface area contributed by atoms with E-state index in [1.165, 1.54) is 18.7 Å². The van der Waals surface area contributed by atoms with Crippen molar-refractivity contribution in [1.82, 2.24) is 5.16 Å². The largest absolute Gasteiger partial charge is 0.426 e. The van der Waals surface area contributed by atoms with Gasteiger partial charge in [0.25, 0.3) is 0 Å². The number of benzene rings is 1. The van der Waals surface area contributed by atoms with Gasteiger partial charge >= 0.3 is 5.97 Å². The van der Waals surface area contributed by atoms with Crippen LogP contribution in [0.15, 0.2) is 28.8 Å². The highest BCUT2D eigenvalue weighted by molar-refractivity contribution is 7.99. The topological polar surface area (TPSA) is 81.4 Å². The second-order valence-electron chi connectivity index (χ2n) is 4.98. The van der Waals surface area contributed by atoms with Gasteiger partial charge in [-0.1, -0.05) is 5.16 Å². The lowest BCUT2D eigenvalue weighted by molar-refractivity contribution is -0.131. The number of rotatable bonds is 6. The summed E-state index contributed by atoms with van der Waals surface area (Å²) in [5.74, 6) is 1.63. The number of esters is 1. The second kappa shape index (κ2) is 7.82. The third-order valence-corrected chi connectivity index (χ3v) is 3.99. The molecule has 0 aliphatic rings. The Morgan fingerprint density at radius 1 is 1.26 bits per heavy atom. The lowest BCUT2D eigenvalue weighted by Crippen LogP contribution is -2.11. The van der Waals surface area contributed by atoms with Gasteiger partial charge in [-0.25, -0.2) is 0 Å². The molecule has 0 bridgehead atoms. The third kappa shape index (κ3) is 5.14. The summed E-state index contributed by atoms with van der Waals surface area (Å²) in [7, 11) is 0. The number of hydrogen-bond donors (Lipinski definition) is 1. The Morgan fingerprint density at radius 3 is 2.52 bits per heavy atom. The predicted molar refractivity (Wildman–Crippen MR) is 88.5 cm³/mol. The standard InChI is InChI=1S/C16H18N2O4S/c1-10-15(11(2)22-18-10)8-23-9-16(20)21-14-6-4-13(5-7-14)17-12(3)19/h4-7H,8-9H2,1-3H3,(H,17,19). The summed E-state index contributed by atoms with van der Waals surface area (Å²) in [5.41, 5.74) is 2.52. The SMILES string of the molecule is CC(=O)Nc1ccc(OC(=O)CSCc2c(C)noc2C)cc1. The highest BCUT2D eigenvalue weighted by Crippen LogP contribution is 2.20. The average Bonchev–Trinajstić information content (AvgIpc) is 2.80. The highest BCUT2D eigenvalue weighted by atomic mass is 32.2. The summed E-state index contributed by atoms with van der Waals surface area (Å²) in [6, 6.07) is 6.65. The molecule has 122 valence electrons. The number of hydrogen-bond acceptors (Lipinski definition) is 6. The molecule has 0 spiro atoms. The van der Waals surface area contributed by atoms with Crippen LogP contribution >= 0.6 is 11.8 Å². The summed E-state index contributed by atoms with van der Waals surface area (Å²) in [5, 5.41) is 6.52. The molecule has 0 radical (unpaired) electrons. The van der Waals surface area contributed by atoms with Crippen molar-refractivity contribution in [2.24, 2.45) is 0 Å². The Labute approximate surface area is 138 Å². The molecule has 1 N–H and O–H groups in total. The van der Waals surface area contributed by atoms with E-state index in [9.17, 15) is 9.59 Å². The second-order valence-corrected chi connectivity index (χ2v) is 5.96. The molecule has 0 saturated carbocycles. The van der Waals surface area contributed by atoms with Gasteiger partial charge in [-0.2, -0.15) is 0 Å². The van der Waals surface area contributed by atoms with Crippen molar-refractivity contribution in [2.75, 3.05) is 11.1 Å². The molecule has 6 nitrogen and oxygen atoms in total. The Hall–Kier alpha value is -2.28. The lowest BCUT2D eigenvalue weighted by atomic mass is 10.2. The van der Waals surface area contributed by atoms with Gasteiger partial charge in [0, 0.05) is 23.9 Å². The quantitative estimate of drug-likeness (QED) is 0.646. The Kier molecular flexibility index (Phi) is 5.81. The summed E-state index contributed by atoms with van der Waals surface area (Å²) < 4.78 is 10.3. The zero-order chi connectivity index (χ0) is 16.8. The first-order valence-corrected chi connectivity index (χ1v) is 8.19. The predicted octanol–water partition coefficient (Wildman–Crippen LogP) is 3.09. The number of nitrogens with zero attached hydrogens (tertiary/aromatic N) is 1. The van der Waals surface area contributed by atoms with Crippen LogP contribution in [0.1, 0.15) is 23.9 Å². The smallest absolute Gasteiger partial charge is 0.321 e. The van der Waals surface area contributed by atoms with Gasteiger partial charge in [-0.05, 0) is 38.1 Å². The molecule has 0 fully saturated rings. The van der Waals surface area contributed by atoms with E-state index >= 15 is 0 Å².